The van der Waals surface area contributed by atoms with Gasteiger partial charge in [0.25, 0.3) is 5.91 Å². The molecule has 116 valence electrons. The number of aromatic nitrogens is 2. The summed E-state index contributed by atoms with van der Waals surface area (Å²) in [7, 11) is 1.57. The lowest BCUT2D eigenvalue weighted by molar-refractivity contribution is 0.102. The van der Waals surface area contributed by atoms with Crippen LogP contribution in [0.15, 0.2) is 36.5 Å². The van der Waals surface area contributed by atoms with Gasteiger partial charge in [-0.05, 0) is 25.0 Å². The molecule has 5 heteroatoms. The lowest BCUT2D eigenvalue weighted by Gasteiger charge is -2.24. The summed E-state index contributed by atoms with van der Waals surface area (Å²) in [5.41, 5.74) is 0.529. The molecular formula is C17H21N3O2. The van der Waals surface area contributed by atoms with Gasteiger partial charge >= 0.3 is 0 Å². The predicted molar refractivity (Wildman–Crippen MR) is 85.3 cm³/mol. The Hall–Kier alpha value is -2.30. The number of hydrogen-bond acceptors (Lipinski definition) is 3. The summed E-state index contributed by atoms with van der Waals surface area (Å²) in [6, 6.07) is 9.46. The number of carbonyl (C=O) groups is 1. The summed E-state index contributed by atoms with van der Waals surface area (Å²) in [6.45, 7) is 0. The first-order valence-corrected chi connectivity index (χ1v) is 7.77. The van der Waals surface area contributed by atoms with Gasteiger partial charge in [0.15, 0.2) is 0 Å². The van der Waals surface area contributed by atoms with Crippen LogP contribution in [0.4, 0.5) is 5.82 Å². The average molecular weight is 299 g/mol. The number of rotatable bonds is 4. The van der Waals surface area contributed by atoms with Crippen LogP contribution in [0.1, 0.15) is 48.5 Å². The number of para-hydroxylation sites is 1. The molecule has 22 heavy (non-hydrogen) atoms. The lowest BCUT2D eigenvalue weighted by Crippen LogP contribution is -2.20. The minimum Gasteiger partial charge on any atom is -0.496 e. The number of amides is 1. The van der Waals surface area contributed by atoms with E-state index in [0.717, 1.165) is 18.7 Å². The van der Waals surface area contributed by atoms with Crippen molar-refractivity contribution in [3.05, 3.63) is 42.1 Å². The normalized spacial score (nSPS) is 15.5. The minimum absolute atomic E-state index is 0.171. The summed E-state index contributed by atoms with van der Waals surface area (Å²) in [5, 5.41) is 7.36. The van der Waals surface area contributed by atoms with Gasteiger partial charge in [0.2, 0.25) is 0 Å². The van der Waals surface area contributed by atoms with E-state index in [1.807, 2.05) is 22.9 Å². The summed E-state index contributed by atoms with van der Waals surface area (Å²) < 4.78 is 7.20. The van der Waals surface area contributed by atoms with Gasteiger partial charge < -0.3 is 10.1 Å². The van der Waals surface area contributed by atoms with E-state index in [-0.39, 0.29) is 5.91 Å². The Kier molecular flexibility index (Phi) is 4.42. The van der Waals surface area contributed by atoms with Crippen molar-refractivity contribution in [1.82, 2.24) is 9.78 Å². The maximum absolute atomic E-state index is 12.5. The van der Waals surface area contributed by atoms with Crippen molar-refractivity contribution in [2.75, 3.05) is 12.4 Å². The Morgan fingerprint density at radius 3 is 2.77 bits per heavy atom. The molecular weight excluding hydrogens is 278 g/mol. The molecule has 1 aliphatic carbocycles. The Bertz CT molecular complexity index is 645. The maximum atomic E-state index is 12.5. The van der Waals surface area contributed by atoms with E-state index >= 15 is 0 Å². The number of ether oxygens (including phenoxy) is 1. The fourth-order valence-corrected chi connectivity index (χ4v) is 3.05. The number of anilines is 1. The largest absolute Gasteiger partial charge is 0.496 e. The van der Waals surface area contributed by atoms with Crippen LogP contribution >= 0.6 is 0 Å². The second-order valence-corrected chi connectivity index (χ2v) is 5.61. The van der Waals surface area contributed by atoms with Gasteiger partial charge in [-0.1, -0.05) is 31.4 Å². The number of carbonyl (C=O) groups excluding carboxylic acids is 1. The van der Waals surface area contributed by atoms with E-state index in [4.69, 9.17) is 4.74 Å². The van der Waals surface area contributed by atoms with Crippen molar-refractivity contribution in [2.24, 2.45) is 0 Å². The molecule has 1 aromatic heterocycles. The molecule has 5 nitrogen and oxygen atoms in total. The van der Waals surface area contributed by atoms with Crippen LogP contribution in [0, 0.1) is 0 Å². The standard InChI is InChI=1S/C17H21N3O2/c1-22-15-10-6-5-9-14(15)17(21)19-16-11-12-18-20(16)13-7-3-2-4-8-13/h5-6,9-13H,2-4,7-8H2,1H3,(H,19,21). The summed E-state index contributed by atoms with van der Waals surface area (Å²) in [6.07, 6.45) is 7.74. The monoisotopic (exact) mass is 299 g/mol. The first-order chi connectivity index (χ1) is 10.8. The quantitative estimate of drug-likeness (QED) is 0.937. The maximum Gasteiger partial charge on any atom is 0.260 e. The summed E-state index contributed by atoms with van der Waals surface area (Å²) in [5.74, 6) is 1.15. The van der Waals surface area contributed by atoms with Crippen LogP contribution in [-0.2, 0) is 0 Å². The number of methoxy groups -OCH3 is 1. The van der Waals surface area contributed by atoms with Crippen molar-refractivity contribution in [3.63, 3.8) is 0 Å². The summed E-state index contributed by atoms with van der Waals surface area (Å²) >= 11 is 0. The Morgan fingerprint density at radius 2 is 2.00 bits per heavy atom. The van der Waals surface area contributed by atoms with Crippen molar-refractivity contribution >= 4 is 11.7 Å². The Balaban J connectivity index is 1.78. The van der Waals surface area contributed by atoms with Crippen molar-refractivity contribution in [1.29, 1.82) is 0 Å². The van der Waals surface area contributed by atoms with Crippen molar-refractivity contribution < 1.29 is 9.53 Å². The van der Waals surface area contributed by atoms with Gasteiger partial charge in [-0.3, -0.25) is 4.79 Å². The van der Waals surface area contributed by atoms with Crippen LogP contribution in [-0.4, -0.2) is 22.8 Å². The minimum atomic E-state index is -0.171. The number of nitrogens with zero attached hydrogens (tertiary/aromatic N) is 2. The average Bonchev–Trinajstić information content (AvgIpc) is 3.03. The highest BCUT2D eigenvalue weighted by atomic mass is 16.5. The highest BCUT2D eigenvalue weighted by Gasteiger charge is 2.20. The molecule has 0 bridgehead atoms. The topological polar surface area (TPSA) is 56.1 Å². The fourth-order valence-electron chi connectivity index (χ4n) is 3.05. The van der Waals surface area contributed by atoms with E-state index in [1.165, 1.54) is 19.3 Å². The number of benzene rings is 1. The molecule has 0 spiro atoms. The molecule has 1 amide bonds. The molecule has 2 aromatic rings. The zero-order valence-electron chi connectivity index (χ0n) is 12.8. The second kappa shape index (κ2) is 6.64. The van der Waals surface area contributed by atoms with Crippen LogP contribution in [0.2, 0.25) is 0 Å². The highest BCUT2D eigenvalue weighted by molar-refractivity contribution is 6.05. The smallest absolute Gasteiger partial charge is 0.260 e. The highest BCUT2D eigenvalue weighted by Crippen LogP contribution is 2.30. The second-order valence-electron chi connectivity index (χ2n) is 5.61. The van der Waals surface area contributed by atoms with Crippen LogP contribution < -0.4 is 10.1 Å². The number of hydrogen-bond donors (Lipinski definition) is 1. The van der Waals surface area contributed by atoms with Crippen LogP contribution in [0.3, 0.4) is 0 Å². The van der Waals surface area contributed by atoms with Crippen LogP contribution in [0.5, 0.6) is 5.75 Å². The molecule has 1 aromatic carbocycles. The van der Waals surface area contributed by atoms with E-state index in [2.05, 4.69) is 10.4 Å². The van der Waals surface area contributed by atoms with E-state index in [9.17, 15) is 4.79 Å². The molecule has 1 aliphatic rings. The first-order valence-electron chi connectivity index (χ1n) is 7.77. The van der Waals surface area contributed by atoms with Gasteiger partial charge in [-0.2, -0.15) is 5.10 Å². The van der Waals surface area contributed by atoms with Gasteiger partial charge in [0, 0.05) is 6.07 Å². The molecule has 3 rings (SSSR count). The Morgan fingerprint density at radius 1 is 1.23 bits per heavy atom. The lowest BCUT2D eigenvalue weighted by atomic mass is 9.96. The number of nitrogens with one attached hydrogen (secondary N) is 1. The van der Waals surface area contributed by atoms with E-state index < -0.39 is 0 Å². The third-order valence-corrected chi connectivity index (χ3v) is 4.18. The van der Waals surface area contributed by atoms with Gasteiger partial charge in [0.05, 0.1) is 24.9 Å². The SMILES string of the molecule is COc1ccccc1C(=O)Nc1ccnn1C1CCCCC1. The molecule has 1 fully saturated rings. The van der Waals surface area contributed by atoms with Gasteiger partial charge in [-0.15, -0.1) is 0 Å². The zero-order chi connectivity index (χ0) is 15.4. The third kappa shape index (κ3) is 2.98. The van der Waals surface area contributed by atoms with Gasteiger partial charge in [0.1, 0.15) is 11.6 Å². The van der Waals surface area contributed by atoms with Crippen molar-refractivity contribution in [2.45, 2.75) is 38.1 Å². The van der Waals surface area contributed by atoms with E-state index in [1.54, 1.807) is 25.4 Å². The zero-order valence-corrected chi connectivity index (χ0v) is 12.8. The molecule has 0 radical (unpaired) electrons. The van der Waals surface area contributed by atoms with Crippen molar-refractivity contribution in [3.8, 4) is 5.75 Å². The Labute approximate surface area is 130 Å². The first kappa shape index (κ1) is 14.6. The van der Waals surface area contributed by atoms with Gasteiger partial charge in [-0.25, -0.2) is 4.68 Å². The molecule has 0 aliphatic heterocycles. The third-order valence-electron chi connectivity index (χ3n) is 4.18. The molecule has 0 saturated heterocycles. The fraction of sp³-hybridized carbons (Fsp3) is 0.412. The summed E-state index contributed by atoms with van der Waals surface area (Å²) in [4.78, 5) is 12.5. The van der Waals surface area contributed by atoms with Crippen LogP contribution in [0.25, 0.3) is 0 Å². The molecule has 0 atom stereocenters. The predicted octanol–water partition coefficient (Wildman–Crippen LogP) is 3.65. The molecule has 1 heterocycles. The molecule has 0 unspecified atom stereocenters. The molecule has 1 saturated carbocycles. The molecule has 1 N–H and O–H groups in total. The van der Waals surface area contributed by atoms with E-state index in [0.29, 0.717) is 17.4 Å².